The van der Waals surface area contributed by atoms with E-state index in [1.54, 1.807) is 0 Å². The fourth-order valence-corrected chi connectivity index (χ4v) is 6.12. The zero-order valence-corrected chi connectivity index (χ0v) is 26.1. The Morgan fingerprint density at radius 3 is 1.10 bits per heavy atom. The topological polar surface area (TPSA) is 55.4 Å². The Morgan fingerprint density at radius 1 is 0.475 bits per heavy atom. The molecule has 218 valence electrons. The summed E-state index contributed by atoms with van der Waals surface area (Å²) in [5, 5.41) is 0. The van der Waals surface area contributed by atoms with Gasteiger partial charge in [-0.25, -0.2) is 28.4 Å². The van der Waals surface area contributed by atoms with Crippen LogP contribution in [-0.4, -0.2) is 8.80 Å². The van der Waals surface area contributed by atoms with Crippen LogP contribution < -0.4 is 0 Å². The van der Waals surface area contributed by atoms with Gasteiger partial charge in [-0.3, -0.25) is 0 Å². The van der Waals surface area contributed by atoms with Crippen molar-refractivity contribution in [3.8, 4) is 0 Å². The third-order valence-corrected chi connectivity index (χ3v) is 8.85. The monoisotopic (exact) mass is 566 g/mol. The average Bonchev–Trinajstić information content (AvgIpc) is 2.97. The minimum absolute atomic E-state index is 0.452. The summed E-state index contributed by atoms with van der Waals surface area (Å²) in [4.78, 5) is 18.4. The molecule has 3 rings (SSSR count). The largest absolute Gasteiger partial charge is 0.584 e. The summed E-state index contributed by atoms with van der Waals surface area (Å²) in [7, 11) is -3.74. The van der Waals surface area contributed by atoms with E-state index in [0.717, 1.165) is 42.4 Å². The van der Waals surface area contributed by atoms with E-state index in [2.05, 4.69) is 6.92 Å². The summed E-state index contributed by atoms with van der Waals surface area (Å²) < 4.78 is 18.7. The van der Waals surface area contributed by atoms with Crippen molar-refractivity contribution in [3.63, 3.8) is 0 Å². The van der Waals surface area contributed by atoms with Crippen LogP contribution in [0, 0.1) is 0 Å². The summed E-state index contributed by atoms with van der Waals surface area (Å²) in [6.45, 7) is 13.9. The number of hydrogen-bond acceptors (Lipinski definition) is 6. The van der Waals surface area contributed by atoms with Gasteiger partial charge in [0.1, 0.15) is 16.8 Å². The molecule has 0 spiro atoms. The van der Waals surface area contributed by atoms with Gasteiger partial charge < -0.3 is 0 Å². The molecule has 0 amide bonds. The summed E-state index contributed by atoms with van der Waals surface area (Å²) in [5.74, 6) is 0. The van der Waals surface area contributed by atoms with Crippen LogP contribution in [0.15, 0.2) is 91.0 Å². The first kappa shape index (κ1) is 32.2. The van der Waals surface area contributed by atoms with Gasteiger partial charge in [-0.05, 0) is 64.7 Å². The minimum Gasteiger partial charge on any atom is -0.232 e. The van der Waals surface area contributed by atoms with Gasteiger partial charge in [-0.1, -0.05) is 117 Å². The Morgan fingerprint density at radius 2 is 0.800 bits per heavy atom. The van der Waals surface area contributed by atoms with E-state index in [4.69, 9.17) is 28.4 Å². The van der Waals surface area contributed by atoms with Gasteiger partial charge in [0.25, 0.3) is 0 Å². The molecule has 0 fully saturated rings. The second-order valence-electron chi connectivity index (χ2n) is 11.6. The van der Waals surface area contributed by atoms with Gasteiger partial charge in [0.2, 0.25) is 0 Å². The van der Waals surface area contributed by atoms with Gasteiger partial charge in [0.15, 0.2) is 0 Å². The molecular weight excluding hydrogens is 520 g/mol. The minimum atomic E-state index is -3.74. The first-order chi connectivity index (χ1) is 19.0. The Hall–Kier alpha value is -2.36. The quantitative estimate of drug-likeness (QED) is 0.0703. The molecule has 0 saturated heterocycles. The third kappa shape index (κ3) is 9.35. The van der Waals surface area contributed by atoms with E-state index >= 15 is 0 Å². The number of rotatable bonds is 17. The van der Waals surface area contributed by atoms with Crippen molar-refractivity contribution in [2.24, 2.45) is 0 Å². The third-order valence-electron chi connectivity index (χ3n) is 6.87. The van der Waals surface area contributed by atoms with E-state index < -0.39 is 25.6 Å². The molecule has 0 radical (unpaired) electrons. The lowest BCUT2D eigenvalue weighted by Gasteiger charge is -2.35. The Bertz CT molecular complexity index is 985. The standard InChI is InChI=1S/C33H46O6Si/c1-8-9-10-20-27-40(37-34-31(2,3)28-21-14-11-15-22-28,38-35-32(4,5)29-23-16-12-17-24-29)39-36-33(6,7)30-25-18-13-19-26-30/h11-19,21-26H,8-10,20,27H2,1-7H3. The molecule has 0 aliphatic rings. The zero-order chi connectivity index (χ0) is 29.1. The predicted octanol–water partition coefficient (Wildman–Crippen LogP) is 9.16. The van der Waals surface area contributed by atoms with Crippen molar-refractivity contribution in [1.82, 2.24) is 0 Å². The van der Waals surface area contributed by atoms with Crippen LogP contribution in [0.25, 0.3) is 0 Å². The highest BCUT2D eigenvalue weighted by Gasteiger charge is 2.50. The smallest absolute Gasteiger partial charge is 0.232 e. The van der Waals surface area contributed by atoms with E-state index in [-0.39, 0.29) is 0 Å². The molecule has 0 aliphatic carbocycles. The number of hydrogen-bond donors (Lipinski definition) is 0. The Labute approximate surface area is 241 Å². The molecule has 3 aromatic rings. The zero-order valence-electron chi connectivity index (χ0n) is 25.1. The maximum Gasteiger partial charge on any atom is 0.584 e. The molecule has 0 saturated carbocycles. The van der Waals surface area contributed by atoms with Crippen molar-refractivity contribution in [3.05, 3.63) is 108 Å². The number of benzene rings is 3. The van der Waals surface area contributed by atoms with Gasteiger partial charge in [0, 0.05) is 6.04 Å². The highest BCUT2D eigenvalue weighted by Crippen LogP contribution is 2.34. The fourth-order valence-electron chi connectivity index (χ4n) is 4.10. The Kier molecular flexibility index (Phi) is 11.7. The van der Waals surface area contributed by atoms with Crippen LogP contribution in [0.4, 0.5) is 0 Å². The molecule has 0 N–H and O–H groups in total. The van der Waals surface area contributed by atoms with Crippen molar-refractivity contribution >= 4 is 8.80 Å². The molecule has 6 nitrogen and oxygen atoms in total. The lowest BCUT2D eigenvalue weighted by atomic mass is 9.99. The van der Waals surface area contributed by atoms with Crippen molar-refractivity contribution in [2.45, 2.75) is 97.0 Å². The van der Waals surface area contributed by atoms with Crippen LogP contribution in [-0.2, 0) is 45.2 Å². The average molecular weight is 567 g/mol. The van der Waals surface area contributed by atoms with Gasteiger partial charge in [-0.15, -0.1) is 0 Å². The highest BCUT2D eigenvalue weighted by molar-refractivity contribution is 6.59. The van der Waals surface area contributed by atoms with Crippen LogP contribution in [0.2, 0.25) is 6.04 Å². The van der Waals surface area contributed by atoms with Crippen molar-refractivity contribution in [2.75, 3.05) is 0 Å². The van der Waals surface area contributed by atoms with E-state index in [0.29, 0.717) is 6.04 Å². The molecule has 0 aliphatic heterocycles. The summed E-state index contributed by atoms with van der Waals surface area (Å²) in [5.41, 5.74) is 0.540. The van der Waals surface area contributed by atoms with E-state index in [1.165, 1.54) is 0 Å². The predicted molar refractivity (Wildman–Crippen MR) is 160 cm³/mol. The second-order valence-corrected chi connectivity index (χ2v) is 14.0. The van der Waals surface area contributed by atoms with E-state index in [1.807, 2.05) is 133 Å². The van der Waals surface area contributed by atoms with Crippen molar-refractivity contribution < 1.29 is 28.4 Å². The lowest BCUT2D eigenvalue weighted by molar-refractivity contribution is -0.419. The molecule has 7 heteroatoms. The van der Waals surface area contributed by atoms with Crippen LogP contribution in [0.5, 0.6) is 0 Å². The molecule has 3 aromatic carbocycles. The maximum absolute atomic E-state index is 6.24. The molecule has 0 bridgehead atoms. The SMILES string of the molecule is CCCCCC[Si](OOC(C)(C)c1ccccc1)(OOC(C)(C)c1ccccc1)OOC(C)(C)c1ccccc1. The van der Waals surface area contributed by atoms with Crippen molar-refractivity contribution in [1.29, 1.82) is 0 Å². The van der Waals surface area contributed by atoms with E-state index in [9.17, 15) is 0 Å². The summed E-state index contributed by atoms with van der Waals surface area (Å²) in [6, 6.07) is 30.2. The molecular formula is C33H46O6Si. The van der Waals surface area contributed by atoms with Crippen LogP contribution in [0.3, 0.4) is 0 Å². The molecule has 0 aromatic heterocycles. The van der Waals surface area contributed by atoms with Gasteiger partial charge in [0.05, 0.1) is 0 Å². The van der Waals surface area contributed by atoms with Crippen LogP contribution in [0.1, 0.15) is 90.8 Å². The lowest BCUT2D eigenvalue weighted by Crippen LogP contribution is -2.50. The van der Waals surface area contributed by atoms with Gasteiger partial charge in [-0.2, -0.15) is 0 Å². The maximum atomic E-state index is 6.24. The van der Waals surface area contributed by atoms with Gasteiger partial charge >= 0.3 is 8.80 Å². The molecule has 0 atom stereocenters. The normalized spacial score (nSPS) is 13.0. The molecule has 40 heavy (non-hydrogen) atoms. The summed E-state index contributed by atoms with van der Waals surface area (Å²) in [6.07, 6.45) is 3.99. The number of unbranched alkanes of at least 4 members (excludes halogenated alkanes) is 3. The highest BCUT2D eigenvalue weighted by atomic mass is 28.4. The molecule has 0 heterocycles. The second kappa shape index (κ2) is 14.5. The fraction of sp³-hybridized carbons (Fsp3) is 0.455. The Balaban J connectivity index is 1.90. The summed E-state index contributed by atoms with van der Waals surface area (Å²) >= 11 is 0. The van der Waals surface area contributed by atoms with Crippen LogP contribution >= 0.6 is 0 Å². The first-order valence-corrected chi connectivity index (χ1v) is 16.2. The first-order valence-electron chi connectivity index (χ1n) is 14.3. The molecule has 0 unspecified atom stereocenters.